The zero-order valence-corrected chi connectivity index (χ0v) is 16.6. The van der Waals surface area contributed by atoms with Crippen LogP contribution in [0.1, 0.15) is 39.9 Å². The molecule has 2 aromatic carbocycles. The van der Waals surface area contributed by atoms with Crippen LogP contribution in [0.25, 0.3) is 0 Å². The molecule has 6 heteroatoms. The van der Waals surface area contributed by atoms with Crippen LogP contribution in [0.5, 0.6) is 0 Å². The molecule has 4 nitrogen and oxygen atoms in total. The number of halogens is 1. The van der Waals surface area contributed by atoms with E-state index in [0.29, 0.717) is 31.5 Å². The third-order valence-corrected chi connectivity index (χ3v) is 7.48. The van der Waals surface area contributed by atoms with Crippen LogP contribution >= 0.6 is 0 Å². The van der Waals surface area contributed by atoms with E-state index in [4.69, 9.17) is 0 Å². The predicted molar refractivity (Wildman–Crippen MR) is 103 cm³/mol. The minimum Gasteiger partial charge on any atom is -0.339 e. The quantitative estimate of drug-likeness (QED) is 0.750. The van der Waals surface area contributed by atoms with Gasteiger partial charge in [0.15, 0.2) is 9.84 Å². The van der Waals surface area contributed by atoms with Crippen LogP contribution in [-0.4, -0.2) is 37.6 Å². The number of hydrogen-bond acceptors (Lipinski definition) is 3. The Morgan fingerprint density at radius 2 is 1.52 bits per heavy atom. The minimum atomic E-state index is -3.52. The Hall–Kier alpha value is -2.21. The Bertz CT molecular complexity index is 936. The number of carbonyl (C=O) groups is 1. The second kappa shape index (κ2) is 7.43. The van der Waals surface area contributed by atoms with Crippen molar-refractivity contribution >= 4 is 15.7 Å². The van der Waals surface area contributed by atoms with Crippen LogP contribution in [0.4, 0.5) is 4.39 Å². The molecule has 0 N–H and O–H groups in total. The molecule has 1 aliphatic rings. The first-order chi connectivity index (χ1) is 12.7. The molecule has 0 aliphatic carbocycles. The number of benzene rings is 2. The van der Waals surface area contributed by atoms with E-state index in [0.717, 1.165) is 28.8 Å². The van der Waals surface area contributed by atoms with Crippen molar-refractivity contribution in [3.8, 4) is 0 Å². The summed E-state index contributed by atoms with van der Waals surface area (Å²) in [5.74, 6) is -0.499. The van der Waals surface area contributed by atoms with E-state index in [9.17, 15) is 17.6 Å². The van der Waals surface area contributed by atoms with Crippen molar-refractivity contribution in [2.75, 3.05) is 13.1 Å². The smallest absolute Gasteiger partial charge is 0.254 e. The maximum absolute atomic E-state index is 13.1. The molecule has 144 valence electrons. The lowest BCUT2D eigenvalue weighted by atomic mass is 9.98. The molecule has 0 aromatic heterocycles. The Kier molecular flexibility index (Phi) is 5.38. The van der Waals surface area contributed by atoms with Gasteiger partial charge in [-0.3, -0.25) is 4.79 Å². The van der Waals surface area contributed by atoms with Crippen LogP contribution in [0, 0.1) is 26.6 Å². The zero-order valence-electron chi connectivity index (χ0n) is 15.8. The van der Waals surface area contributed by atoms with E-state index in [2.05, 4.69) is 0 Å². The number of carbonyl (C=O) groups excluding carboxylic acids is 1. The van der Waals surface area contributed by atoms with Crippen molar-refractivity contribution in [2.24, 2.45) is 0 Å². The molecule has 0 radical (unpaired) electrons. The topological polar surface area (TPSA) is 54.5 Å². The number of nitrogens with zero attached hydrogens (tertiary/aromatic N) is 1. The Balaban J connectivity index is 1.74. The first-order valence-corrected chi connectivity index (χ1v) is 10.6. The number of sulfone groups is 1. The fourth-order valence-electron chi connectivity index (χ4n) is 3.86. The molecule has 2 aromatic rings. The number of hydrogen-bond donors (Lipinski definition) is 0. The van der Waals surface area contributed by atoms with Gasteiger partial charge >= 0.3 is 0 Å². The fourth-order valence-corrected chi connectivity index (χ4v) is 5.59. The van der Waals surface area contributed by atoms with Gasteiger partial charge in [-0.1, -0.05) is 17.7 Å². The highest BCUT2D eigenvalue weighted by Crippen LogP contribution is 2.27. The van der Waals surface area contributed by atoms with Crippen LogP contribution in [0.3, 0.4) is 0 Å². The second-order valence-electron chi connectivity index (χ2n) is 7.26. The Morgan fingerprint density at radius 1 is 1.00 bits per heavy atom. The molecule has 0 atom stereocenters. The summed E-state index contributed by atoms with van der Waals surface area (Å²) in [6.45, 7) is 6.66. The standard InChI is InChI=1S/C21H24FNO3S/c1-14-12-15(2)20(16(3)13-14)21(24)23-10-8-19(9-11-23)27(25,26)18-6-4-17(22)5-7-18/h4-7,12-13,19H,8-11H2,1-3H3. The summed E-state index contributed by atoms with van der Waals surface area (Å²) in [4.78, 5) is 14.8. The van der Waals surface area contributed by atoms with Gasteiger partial charge in [0.25, 0.3) is 5.91 Å². The average molecular weight is 389 g/mol. The zero-order chi connectivity index (χ0) is 19.8. The first kappa shape index (κ1) is 19.5. The molecule has 1 aliphatic heterocycles. The SMILES string of the molecule is Cc1cc(C)c(C(=O)N2CCC(S(=O)(=O)c3ccc(F)cc3)CC2)c(C)c1. The molecule has 0 saturated carbocycles. The largest absolute Gasteiger partial charge is 0.339 e. The van der Waals surface area contributed by atoms with Gasteiger partial charge in [0.1, 0.15) is 5.82 Å². The number of amides is 1. The van der Waals surface area contributed by atoms with Crippen LogP contribution in [0.15, 0.2) is 41.3 Å². The van der Waals surface area contributed by atoms with Gasteiger partial charge in [0.05, 0.1) is 10.1 Å². The van der Waals surface area contributed by atoms with Crippen LogP contribution < -0.4 is 0 Å². The van der Waals surface area contributed by atoms with Gasteiger partial charge in [0, 0.05) is 18.7 Å². The number of rotatable bonds is 3. The Labute approximate surface area is 159 Å². The summed E-state index contributed by atoms with van der Waals surface area (Å²) < 4.78 is 38.6. The highest BCUT2D eigenvalue weighted by Gasteiger charge is 2.33. The fraction of sp³-hybridized carbons (Fsp3) is 0.381. The lowest BCUT2D eigenvalue weighted by molar-refractivity contribution is 0.0724. The third kappa shape index (κ3) is 3.90. The number of likely N-dealkylation sites (tertiary alicyclic amines) is 1. The van der Waals surface area contributed by atoms with Crippen LogP contribution in [-0.2, 0) is 9.84 Å². The molecular weight excluding hydrogens is 365 g/mol. The van der Waals surface area contributed by atoms with Crippen molar-refractivity contribution in [2.45, 2.75) is 43.8 Å². The number of piperidine rings is 1. The molecule has 1 fully saturated rings. The number of aryl methyl sites for hydroxylation is 3. The van der Waals surface area contributed by atoms with Gasteiger partial charge in [-0.05, 0) is 69.0 Å². The molecule has 27 heavy (non-hydrogen) atoms. The second-order valence-corrected chi connectivity index (χ2v) is 9.49. The lowest BCUT2D eigenvalue weighted by Gasteiger charge is -2.32. The van der Waals surface area contributed by atoms with E-state index < -0.39 is 20.9 Å². The summed E-state index contributed by atoms with van der Waals surface area (Å²) in [6.07, 6.45) is 0.769. The van der Waals surface area contributed by atoms with Crippen molar-refractivity contribution in [3.63, 3.8) is 0 Å². The highest BCUT2D eigenvalue weighted by atomic mass is 32.2. The predicted octanol–water partition coefficient (Wildman–Crippen LogP) is 3.83. The monoisotopic (exact) mass is 389 g/mol. The normalized spacial score (nSPS) is 15.8. The van der Waals surface area contributed by atoms with E-state index in [-0.39, 0.29) is 10.8 Å². The first-order valence-electron chi connectivity index (χ1n) is 9.06. The van der Waals surface area contributed by atoms with Crippen molar-refractivity contribution in [1.29, 1.82) is 0 Å². The Morgan fingerprint density at radius 3 is 2.04 bits per heavy atom. The molecule has 1 saturated heterocycles. The van der Waals surface area contributed by atoms with E-state index >= 15 is 0 Å². The van der Waals surface area contributed by atoms with Gasteiger partial charge in [0.2, 0.25) is 0 Å². The third-order valence-electron chi connectivity index (χ3n) is 5.20. The molecule has 0 spiro atoms. The van der Waals surface area contributed by atoms with Crippen molar-refractivity contribution < 1.29 is 17.6 Å². The van der Waals surface area contributed by atoms with Gasteiger partial charge < -0.3 is 4.90 Å². The van der Waals surface area contributed by atoms with E-state index in [1.165, 1.54) is 12.1 Å². The molecular formula is C21H24FNO3S. The molecule has 0 unspecified atom stereocenters. The summed E-state index contributed by atoms with van der Waals surface area (Å²) in [5.41, 5.74) is 3.71. The van der Waals surface area contributed by atoms with Gasteiger partial charge in [-0.15, -0.1) is 0 Å². The highest BCUT2D eigenvalue weighted by molar-refractivity contribution is 7.92. The minimum absolute atomic E-state index is 0.0392. The van der Waals surface area contributed by atoms with E-state index in [1.807, 2.05) is 32.9 Å². The summed E-state index contributed by atoms with van der Waals surface area (Å²) in [7, 11) is -3.52. The van der Waals surface area contributed by atoms with Gasteiger partial charge in [-0.2, -0.15) is 0 Å². The molecule has 3 rings (SSSR count). The summed E-state index contributed by atoms with van der Waals surface area (Å²) in [5, 5.41) is -0.549. The van der Waals surface area contributed by atoms with E-state index in [1.54, 1.807) is 4.90 Å². The summed E-state index contributed by atoms with van der Waals surface area (Å²) in [6, 6.07) is 8.92. The van der Waals surface area contributed by atoms with Crippen molar-refractivity contribution in [1.82, 2.24) is 4.90 Å². The van der Waals surface area contributed by atoms with Gasteiger partial charge in [-0.25, -0.2) is 12.8 Å². The average Bonchev–Trinajstić information content (AvgIpc) is 2.61. The lowest BCUT2D eigenvalue weighted by Crippen LogP contribution is -2.43. The summed E-state index contributed by atoms with van der Waals surface area (Å²) >= 11 is 0. The molecule has 1 amide bonds. The maximum Gasteiger partial charge on any atom is 0.254 e. The maximum atomic E-state index is 13.1. The van der Waals surface area contributed by atoms with Crippen LogP contribution in [0.2, 0.25) is 0 Å². The van der Waals surface area contributed by atoms with Crippen molar-refractivity contribution in [3.05, 3.63) is 64.5 Å². The molecule has 0 bridgehead atoms. The molecule has 1 heterocycles.